The van der Waals surface area contributed by atoms with E-state index in [9.17, 15) is 18.0 Å². The summed E-state index contributed by atoms with van der Waals surface area (Å²) in [7, 11) is 2.95. The number of imidazole rings is 1. The van der Waals surface area contributed by atoms with Gasteiger partial charge < -0.3 is 19.4 Å². The van der Waals surface area contributed by atoms with Crippen LogP contribution in [0, 0.1) is 11.3 Å². The molecule has 3 aromatic rings. The van der Waals surface area contributed by atoms with Crippen molar-refractivity contribution in [1.29, 1.82) is 0 Å². The van der Waals surface area contributed by atoms with Gasteiger partial charge >= 0.3 is 12.1 Å². The topological polar surface area (TPSA) is 65.4 Å². The van der Waals surface area contributed by atoms with Crippen LogP contribution in [0.1, 0.15) is 63.6 Å². The number of rotatable bonds is 7. The van der Waals surface area contributed by atoms with Crippen molar-refractivity contribution in [3.63, 3.8) is 0 Å². The van der Waals surface area contributed by atoms with Crippen LogP contribution < -0.4 is 10.1 Å². The summed E-state index contributed by atoms with van der Waals surface area (Å²) in [6, 6.07) is 8.97. The molecule has 6 nitrogen and oxygen atoms in total. The maximum Gasteiger partial charge on any atom is 0.416 e. The van der Waals surface area contributed by atoms with E-state index in [1.165, 1.54) is 19.2 Å². The number of benzene rings is 2. The average Bonchev–Trinajstić information content (AvgIpc) is 3.16. The molecule has 1 aliphatic carbocycles. The van der Waals surface area contributed by atoms with Gasteiger partial charge in [0.15, 0.2) is 0 Å². The summed E-state index contributed by atoms with van der Waals surface area (Å²) < 4.78 is 51.8. The number of aromatic nitrogens is 2. The lowest BCUT2D eigenvalue weighted by Gasteiger charge is -2.40. The number of halogens is 3. The Morgan fingerprint density at radius 3 is 2.46 bits per heavy atom. The number of nitrogens with one attached hydrogen (secondary N) is 1. The van der Waals surface area contributed by atoms with Crippen LogP contribution in [-0.2, 0) is 22.1 Å². The van der Waals surface area contributed by atoms with Gasteiger partial charge in [0.2, 0.25) is 5.95 Å². The Morgan fingerprint density at radius 1 is 1.16 bits per heavy atom. The average molecular weight is 518 g/mol. The van der Waals surface area contributed by atoms with Crippen molar-refractivity contribution >= 4 is 28.6 Å². The smallest absolute Gasteiger partial charge is 0.416 e. The maximum absolute atomic E-state index is 13.1. The van der Waals surface area contributed by atoms with Crippen molar-refractivity contribution in [1.82, 2.24) is 9.55 Å². The molecule has 0 saturated heterocycles. The number of hydrogen-bond donors (Lipinski definition) is 1. The van der Waals surface area contributed by atoms with Crippen molar-refractivity contribution in [3.8, 4) is 5.75 Å². The summed E-state index contributed by atoms with van der Waals surface area (Å²) in [5, 5.41) is 3.27. The van der Waals surface area contributed by atoms with E-state index in [1.807, 2.05) is 12.1 Å². The van der Waals surface area contributed by atoms with E-state index in [2.05, 4.69) is 30.7 Å². The van der Waals surface area contributed by atoms with Crippen LogP contribution >= 0.6 is 0 Å². The first-order valence-corrected chi connectivity index (χ1v) is 12.5. The zero-order chi connectivity index (χ0) is 27.0. The van der Waals surface area contributed by atoms with Gasteiger partial charge in [-0.1, -0.05) is 20.8 Å². The van der Waals surface area contributed by atoms with Crippen LogP contribution in [0.4, 0.5) is 24.8 Å². The molecular formula is C28H34F3N3O3. The molecule has 0 radical (unpaired) electrons. The number of aryl methyl sites for hydroxylation is 1. The van der Waals surface area contributed by atoms with Crippen LogP contribution in [-0.4, -0.2) is 29.7 Å². The SMILES string of the molecule is COC(=O)CCc1cc2nc(Nc3ccc(C(F)(F)F)cc3)n(C3C[C@H](C)CC(C)(C)C3)c2cc1OC. The number of carbonyl (C=O) groups is 1. The number of alkyl halides is 3. The molecule has 1 fully saturated rings. The fraction of sp³-hybridized carbons (Fsp3) is 0.500. The summed E-state index contributed by atoms with van der Waals surface area (Å²) in [4.78, 5) is 16.6. The van der Waals surface area contributed by atoms with Crippen LogP contribution in [0.3, 0.4) is 0 Å². The summed E-state index contributed by atoms with van der Waals surface area (Å²) >= 11 is 0. The van der Waals surface area contributed by atoms with Gasteiger partial charge in [-0.05, 0) is 72.9 Å². The minimum absolute atomic E-state index is 0.134. The first-order valence-electron chi connectivity index (χ1n) is 12.5. The van der Waals surface area contributed by atoms with Crippen molar-refractivity contribution in [2.24, 2.45) is 11.3 Å². The van der Waals surface area contributed by atoms with Gasteiger partial charge in [0, 0.05) is 24.2 Å². The summed E-state index contributed by atoms with van der Waals surface area (Å²) in [5.41, 5.74) is 2.40. The van der Waals surface area contributed by atoms with E-state index in [4.69, 9.17) is 14.5 Å². The van der Waals surface area contributed by atoms with Gasteiger partial charge in [-0.2, -0.15) is 13.2 Å². The van der Waals surface area contributed by atoms with E-state index in [1.54, 1.807) is 7.11 Å². The maximum atomic E-state index is 13.1. The highest BCUT2D eigenvalue weighted by Gasteiger charge is 2.35. The minimum Gasteiger partial charge on any atom is -0.496 e. The molecule has 1 unspecified atom stereocenters. The monoisotopic (exact) mass is 517 g/mol. The molecule has 9 heteroatoms. The van der Waals surface area contributed by atoms with Crippen molar-refractivity contribution in [2.75, 3.05) is 19.5 Å². The van der Waals surface area contributed by atoms with E-state index < -0.39 is 11.7 Å². The molecular weight excluding hydrogens is 483 g/mol. The Balaban J connectivity index is 1.79. The Morgan fingerprint density at radius 2 is 1.86 bits per heavy atom. The number of fused-ring (bicyclic) bond motifs is 1. The zero-order valence-electron chi connectivity index (χ0n) is 21.9. The lowest BCUT2D eigenvalue weighted by atomic mass is 9.70. The second kappa shape index (κ2) is 10.3. The van der Waals surface area contributed by atoms with E-state index in [0.717, 1.165) is 48.0 Å². The van der Waals surface area contributed by atoms with E-state index in [0.29, 0.717) is 29.7 Å². The third-order valence-electron chi connectivity index (χ3n) is 7.12. The summed E-state index contributed by atoms with van der Waals surface area (Å²) in [6.45, 7) is 6.79. The van der Waals surface area contributed by atoms with Crippen molar-refractivity contribution < 1.29 is 27.4 Å². The molecule has 0 aliphatic heterocycles. The predicted octanol–water partition coefficient (Wildman–Crippen LogP) is 7.30. The van der Waals surface area contributed by atoms with Crippen molar-refractivity contribution in [3.05, 3.63) is 47.5 Å². The van der Waals surface area contributed by atoms with E-state index >= 15 is 0 Å². The molecule has 0 spiro atoms. The molecule has 1 N–H and O–H groups in total. The van der Waals surface area contributed by atoms with Gasteiger partial charge in [0.25, 0.3) is 0 Å². The third kappa shape index (κ3) is 6.02. The number of hydrogen-bond acceptors (Lipinski definition) is 5. The molecule has 200 valence electrons. The molecule has 1 heterocycles. The molecule has 0 bridgehead atoms. The Labute approximate surface area is 215 Å². The highest BCUT2D eigenvalue weighted by atomic mass is 19.4. The third-order valence-corrected chi connectivity index (χ3v) is 7.12. The molecule has 0 amide bonds. The van der Waals surface area contributed by atoms with Crippen LogP contribution in [0.2, 0.25) is 0 Å². The number of nitrogens with zero attached hydrogens (tertiary/aromatic N) is 2. The first-order chi connectivity index (χ1) is 17.4. The van der Waals surface area contributed by atoms with Crippen LogP contribution in [0.5, 0.6) is 5.75 Å². The normalized spacial score (nSPS) is 19.6. The molecule has 1 saturated carbocycles. The second-order valence-corrected chi connectivity index (χ2v) is 10.8. The fourth-order valence-electron chi connectivity index (χ4n) is 5.71. The molecule has 37 heavy (non-hydrogen) atoms. The van der Waals surface area contributed by atoms with Gasteiger partial charge in [-0.3, -0.25) is 4.79 Å². The van der Waals surface area contributed by atoms with E-state index in [-0.39, 0.29) is 23.8 Å². The van der Waals surface area contributed by atoms with Gasteiger partial charge in [0.1, 0.15) is 5.75 Å². The highest BCUT2D eigenvalue weighted by molar-refractivity contribution is 5.83. The molecule has 2 atom stereocenters. The number of carbonyl (C=O) groups excluding carboxylic acids is 1. The van der Waals surface area contributed by atoms with Gasteiger partial charge in [-0.15, -0.1) is 0 Å². The fourth-order valence-corrected chi connectivity index (χ4v) is 5.71. The number of esters is 1. The number of anilines is 2. The summed E-state index contributed by atoms with van der Waals surface area (Å²) in [5.74, 6) is 1.42. The van der Waals surface area contributed by atoms with Gasteiger partial charge in [0.05, 0.1) is 30.8 Å². The largest absolute Gasteiger partial charge is 0.496 e. The minimum atomic E-state index is -4.40. The Kier molecular flexibility index (Phi) is 7.44. The van der Waals surface area contributed by atoms with Gasteiger partial charge in [-0.25, -0.2) is 4.98 Å². The van der Waals surface area contributed by atoms with Crippen LogP contribution in [0.25, 0.3) is 11.0 Å². The molecule has 1 aliphatic rings. The molecule has 2 aromatic carbocycles. The lowest BCUT2D eigenvalue weighted by Crippen LogP contribution is -2.29. The standard InChI is InChI=1S/C28H34F3N3O3/c1-17-12-21(16-27(2,3)15-17)34-23-14-24(36-4)18(6-11-25(35)37-5)13-22(23)33-26(34)32-20-9-7-19(8-10-20)28(29,30)31/h7-10,13-14,17,21H,6,11-12,15-16H2,1-5H3,(H,32,33)/t17-,21?/m0/s1. The highest BCUT2D eigenvalue weighted by Crippen LogP contribution is 2.46. The zero-order valence-corrected chi connectivity index (χ0v) is 21.9. The Bertz CT molecular complexity index is 1270. The lowest BCUT2D eigenvalue weighted by molar-refractivity contribution is -0.140. The number of ether oxygens (including phenoxy) is 2. The Hall–Kier alpha value is -3.23. The molecule has 1 aromatic heterocycles. The predicted molar refractivity (Wildman–Crippen MR) is 137 cm³/mol. The number of methoxy groups -OCH3 is 2. The second-order valence-electron chi connectivity index (χ2n) is 10.8. The molecule has 4 rings (SSSR count). The quantitative estimate of drug-likeness (QED) is 0.333. The first kappa shape index (κ1) is 26.8. The van der Waals surface area contributed by atoms with Crippen LogP contribution in [0.15, 0.2) is 36.4 Å². The van der Waals surface area contributed by atoms with Crippen molar-refractivity contribution in [2.45, 2.75) is 65.1 Å². The summed E-state index contributed by atoms with van der Waals surface area (Å²) in [6.07, 6.45) is -0.719.